The van der Waals surface area contributed by atoms with E-state index >= 15 is 0 Å². The van der Waals surface area contributed by atoms with Gasteiger partial charge in [0.2, 0.25) is 0 Å². The Morgan fingerprint density at radius 1 is 0.952 bits per heavy atom. The van der Waals surface area contributed by atoms with Crippen LogP contribution in [0.2, 0.25) is 0 Å². The summed E-state index contributed by atoms with van der Waals surface area (Å²) in [5.74, 6) is 0.367. The topological polar surface area (TPSA) is 110 Å². The lowest BCUT2D eigenvalue weighted by atomic mass is 10.00. The first-order valence-corrected chi connectivity index (χ1v) is 15.0. The van der Waals surface area contributed by atoms with Crippen molar-refractivity contribution < 1.29 is 21.6 Å². The van der Waals surface area contributed by atoms with E-state index in [9.17, 15) is 26.4 Å². The third-order valence-corrected chi connectivity index (χ3v) is 8.08. The van der Waals surface area contributed by atoms with Crippen molar-refractivity contribution in [2.75, 3.05) is 0 Å². The van der Waals surface area contributed by atoms with Crippen LogP contribution in [-0.4, -0.2) is 22.8 Å². The maximum atomic E-state index is 13.7. The molecule has 0 spiro atoms. The average Bonchev–Trinajstić information content (AvgIpc) is 3.26. The first-order chi connectivity index (χ1) is 20.0. The molecule has 3 aromatic carbocycles. The minimum Gasteiger partial charge on any atom is -0.274 e. The molecule has 8 nitrogen and oxygen atoms in total. The van der Waals surface area contributed by atoms with E-state index in [0.29, 0.717) is 35.4 Å². The SMILES string of the molecule is CCCCc1nn(-c2ccccc2C(F)(F)F)c(=O)n1Cc1ccc(-c2cc(CCC)ccc2S(=O)(=O)NC#N)cc1. The van der Waals surface area contributed by atoms with E-state index in [1.807, 2.05) is 18.6 Å². The molecule has 0 aliphatic carbocycles. The summed E-state index contributed by atoms with van der Waals surface area (Å²) in [7, 11) is -4.09. The van der Waals surface area contributed by atoms with Crippen molar-refractivity contribution in [1.29, 1.82) is 5.26 Å². The molecule has 0 aliphatic rings. The Labute approximate surface area is 242 Å². The van der Waals surface area contributed by atoms with Crippen molar-refractivity contribution in [3.63, 3.8) is 0 Å². The minimum atomic E-state index is -4.66. The van der Waals surface area contributed by atoms with Gasteiger partial charge in [0.15, 0.2) is 6.19 Å². The third-order valence-electron chi connectivity index (χ3n) is 6.79. The highest BCUT2D eigenvalue weighted by Crippen LogP contribution is 2.33. The second-order valence-electron chi connectivity index (χ2n) is 9.81. The number of hydrogen-bond acceptors (Lipinski definition) is 5. The van der Waals surface area contributed by atoms with Gasteiger partial charge < -0.3 is 0 Å². The van der Waals surface area contributed by atoms with Crippen LogP contribution < -0.4 is 10.4 Å². The molecular weight excluding hydrogens is 567 g/mol. The zero-order valence-corrected chi connectivity index (χ0v) is 24.0. The van der Waals surface area contributed by atoms with Gasteiger partial charge >= 0.3 is 11.9 Å². The van der Waals surface area contributed by atoms with Gasteiger partial charge in [-0.25, -0.2) is 17.9 Å². The van der Waals surface area contributed by atoms with E-state index in [-0.39, 0.29) is 17.1 Å². The minimum absolute atomic E-state index is 0.0423. The maximum Gasteiger partial charge on any atom is 0.418 e. The molecule has 0 saturated heterocycles. The Bertz CT molecular complexity index is 1770. The van der Waals surface area contributed by atoms with Crippen molar-refractivity contribution in [3.05, 3.63) is 99.7 Å². The van der Waals surface area contributed by atoms with E-state index in [1.165, 1.54) is 35.0 Å². The summed E-state index contributed by atoms with van der Waals surface area (Å²) in [5, 5.41) is 13.2. The molecule has 42 heavy (non-hydrogen) atoms. The Balaban J connectivity index is 1.75. The van der Waals surface area contributed by atoms with E-state index in [2.05, 4.69) is 5.10 Å². The lowest BCUT2D eigenvalue weighted by Gasteiger charge is -2.13. The summed E-state index contributed by atoms with van der Waals surface area (Å²) in [6.07, 6.45) is 0.305. The Morgan fingerprint density at radius 3 is 2.29 bits per heavy atom. The quantitative estimate of drug-likeness (QED) is 0.173. The summed E-state index contributed by atoms with van der Waals surface area (Å²) >= 11 is 0. The summed E-state index contributed by atoms with van der Waals surface area (Å²) in [5.41, 5.74) is 0.636. The number of nitrogens with zero attached hydrogens (tertiary/aromatic N) is 4. The standard InChI is InChI=1S/C30H30F3N5O3S/c1-3-5-11-28-36-38(26-10-7-6-9-25(26)30(31,32)33)29(39)37(28)19-22-12-15-23(16-13-22)24-18-21(8-4-2)14-17-27(24)42(40,41)35-20-34/h6-7,9-10,12-18,35H,3-5,8,11,19H2,1-2H3. The molecule has 0 atom stereocenters. The van der Waals surface area contributed by atoms with Gasteiger partial charge in [0, 0.05) is 12.0 Å². The monoisotopic (exact) mass is 597 g/mol. The van der Waals surface area contributed by atoms with Gasteiger partial charge in [-0.2, -0.15) is 23.1 Å². The number of sulfonamides is 1. The highest BCUT2D eigenvalue weighted by molar-refractivity contribution is 7.89. The van der Waals surface area contributed by atoms with Crippen LogP contribution in [0.25, 0.3) is 16.8 Å². The molecule has 1 N–H and O–H groups in total. The predicted molar refractivity (Wildman–Crippen MR) is 152 cm³/mol. The van der Waals surface area contributed by atoms with Crippen LogP contribution in [0, 0.1) is 11.5 Å². The highest BCUT2D eigenvalue weighted by Gasteiger charge is 2.34. The zero-order chi connectivity index (χ0) is 30.5. The lowest BCUT2D eigenvalue weighted by molar-refractivity contribution is -0.137. The number of halogens is 3. The molecule has 0 bridgehead atoms. The molecule has 0 unspecified atom stereocenters. The molecule has 0 amide bonds. The number of nitriles is 1. The summed E-state index contributed by atoms with van der Waals surface area (Å²) in [6, 6.07) is 16.7. The fourth-order valence-corrected chi connectivity index (χ4v) is 5.68. The van der Waals surface area contributed by atoms with Gasteiger partial charge in [-0.1, -0.05) is 69.2 Å². The van der Waals surface area contributed by atoms with Gasteiger partial charge in [0.1, 0.15) is 5.82 Å². The Kier molecular flexibility index (Phi) is 9.21. The highest BCUT2D eigenvalue weighted by atomic mass is 32.2. The van der Waals surface area contributed by atoms with E-state index in [1.54, 1.807) is 36.4 Å². The maximum absolute atomic E-state index is 13.7. The number of aryl methyl sites for hydroxylation is 2. The van der Waals surface area contributed by atoms with E-state index in [0.717, 1.165) is 35.6 Å². The van der Waals surface area contributed by atoms with Crippen molar-refractivity contribution in [2.45, 2.75) is 63.6 Å². The largest absolute Gasteiger partial charge is 0.418 e. The summed E-state index contributed by atoms with van der Waals surface area (Å²) in [4.78, 5) is 13.4. The van der Waals surface area contributed by atoms with Gasteiger partial charge in [-0.15, -0.1) is 5.10 Å². The van der Waals surface area contributed by atoms with Crippen molar-refractivity contribution >= 4 is 10.0 Å². The van der Waals surface area contributed by atoms with Crippen molar-refractivity contribution in [2.24, 2.45) is 0 Å². The van der Waals surface area contributed by atoms with Crippen LogP contribution >= 0.6 is 0 Å². The number of alkyl halides is 3. The number of nitrogens with one attached hydrogen (secondary N) is 1. The van der Waals surface area contributed by atoms with Gasteiger partial charge in [0.25, 0.3) is 10.0 Å². The molecule has 0 fully saturated rings. The number of rotatable bonds is 11. The Hall–Kier alpha value is -4.37. The zero-order valence-electron chi connectivity index (χ0n) is 23.1. The third kappa shape index (κ3) is 6.57. The number of benzene rings is 3. The van der Waals surface area contributed by atoms with Crippen molar-refractivity contribution in [1.82, 2.24) is 19.1 Å². The van der Waals surface area contributed by atoms with Gasteiger partial charge in [-0.3, -0.25) is 4.57 Å². The van der Waals surface area contributed by atoms with Crippen LogP contribution in [0.4, 0.5) is 13.2 Å². The predicted octanol–water partition coefficient (Wildman–Crippen LogP) is 5.82. The van der Waals surface area contributed by atoms with Gasteiger partial charge in [0.05, 0.1) is 22.7 Å². The number of para-hydroxylation sites is 1. The van der Waals surface area contributed by atoms with E-state index < -0.39 is 27.5 Å². The summed E-state index contributed by atoms with van der Waals surface area (Å²) < 4.78 is 70.6. The van der Waals surface area contributed by atoms with Crippen molar-refractivity contribution in [3.8, 4) is 23.0 Å². The van der Waals surface area contributed by atoms with E-state index in [4.69, 9.17) is 5.26 Å². The lowest BCUT2D eigenvalue weighted by Crippen LogP contribution is -2.26. The molecule has 12 heteroatoms. The molecule has 0 radical (unpaired) electrons. The van der Waals surface area contributed by atoms with Crippen LogP contribution in [0.1, 0.15) is 55.6 Å². The molecule has 220 valence electrons. The fraction of sp³-hybridized carbons (Fsp3) is 0.300. The summed E-state index contributed by atoms with van der Waals surface area (Å²) in [6.45, 7) is 4.04. The van der Waals surface area contributed by atoms with Crippen LogP contribution in [0.15, 0.2) is 76.4 Å². The second-order valence-corrected chi connectivity index (χ2v) is 11.5. The molecule has 4 rings (SSSR count). The second kappa shape index (κ2) is 12.7. The van der Waals surface area contributed by atoms with Crippen LogP contribution in [-0.2, 0) is 35.6 Å². The van der Waals surface area contributed by atoms with Crippen LogP contribution in [0.5, 0.6) is 0 Å². The number of aromatic nitrogens is 3. The van der Waals surface area contributed by atoms with Crippen LogP contribution in [0.3, 0.4) is 0 Å². The molecule has 0 aliphatic heterocycles. The first kappa shape index (κ1) is 30.6. The first-order valence-electron chi connectivity index (χ1n) is 13.5. The normalized spacial score (nSPS) is 11.8. The number of hydrogen-bond donors (Lipinski definition) is 1. The molecule has 1 aromatic heterocycles. The molecular formula is C30H30F3N5O3S. The molecule has 4 aromatic rings. The average molecular weight is 598 g/mol. The Morgan fingerprint density at radius 2 is 1.64 bits per heavy atom. The fourth-order valence-electron chi connectivity index (χ4n) is 4.74. The molecule has 0 saturated carbocycles. The molecule has 1 heterocycles. The smallest absolute Gasteiger partial charge is 0.274 e. The number of unbranched alkanes of at least 4 members (excludes halogenated alkanes) is 1. The van der Waals surface area contributed by atoms with Gasteiger partial charge in [-0.05, 0) is 53.8 Å².